The number of aromatic nitrogens is 4. The number of amides is 1. The van der Waals surface area contributed by atoms with Crippen LogP contribution in [0.15, 0.2) is 48.9 Å². The van der Waals surface area contributed by atoms with Crippen molar-refractivity contribution in [3.05, 3.63) is 65.7 Å². The summed E-state index contributed by atoms with van der Waals surface area (Å²) in [4.78, 5) is 12.0. The molecule has 0 fully saturated rings. The normalized spacial score (nSPS) is 10.8. The first-order chi connectivity index (χ1) is 11.6. The molecule has 2 aromatic heterocycles. The molecule has 124 valence electrons. The van der Waals surface area contributed by atoms with Crippen LogP contribution >= 0.6 is 0 Å². The second-order valence-electron chi connectivity index (χ2n) is 5.91. The van der Waals surface area contributed by atoms with Crippen LogP contribution in [0.3, 0.4) is 0 Å². The van der Waals surface area contributed by atoms with Crippen molar-refractivity contribution in [3.63, 3.8) is 0 Å². The van der Waals surface area contributed by atoms with E-state index in [2.05, 4.69) is 40.6 Å². The first-order valence-electron chi connectivity index (χ1n) is 7.96. The number of hydrogen-bond donors (Lipinski definition) is 1. The van der Waals surface area contributed by atoms with Crippen molar-refractivity contribution in [3.8, 4) is 0 Å². The minimum absolute atomic E-state index is 0.0417. The summed E-state index contributed by atoms with van der Waals surface area (Å²) >= 11 is 0. The zero-order chi connectivity index (χ0) is 16.9. The van der Waals surface area contributed by atoms with Gasteiger partial charge in [-0.15, -0.1) is 0 Å². The quantitative estimate of drug-likeness (QED) is 0.758. The largest absolute Gasteiger partial charge is 0.323 e. The van der Waals surface area contributed by atoms with Gasteiger partial charge in [-0.2, -0.15) is 10.2 Å². The smallest absolute Gasteiger partial charge is 0.226 e. The number of hydrogen-bond acceptors (Lipinski definition) is 3. The fourth-order valence-corrected chi connectivity index (χ4v) is 2.58. The minimum Gasteiger partial charge on any atom is -0.323 e. The van der Waals surface area contributed by atoms with E-state index in [9.17, 15) is 4.79 Å². The first kappa shape index (κ1) is 16.0. The number of carbonyl (C=O) groups excluding carboxylic acids is 1. The lowest BCUT2D eigenvalue weighted by Gasteiger charge is -2.05. The van der Waals surface area contributed by atoms with Gasteiger partial charge in [0, 0.05) is 31.1 Å². The molecule has 0 saturated heterocycles. The van der Waals surface area contributed by atoms with E-state index in [4.69, 9.17) is 0 Å². The van der Waals surface area contributed by atoms with Gasteiger partial charge in [0.15, 0.2) is 0 Å². The Balaban J connectivity index is 1.53. The maximum Gasteiger partial charge on any atom is 0.226 e. The summed E-state index contributed by atoms with van der Waals surface area (Å²) in [6.07, 6.45) is 5.64. The Hall–Kier alpha value is -2.89. The summed E-state index contributed by atoms with van der Waals surface area (Å²) in [6, 6.07) is 10.2. The van der Waals surface area contributed by atoms with Crippen LogP contribution in [0, 0.1) is 13.8 Å². The third-order valence-electron chi connectivity index (χ3n) is 3.82. The van der Waals surface area contributed by atoms with E-state index in [-0.39, 0.29) is 5.91 Å². The highest BCUT2D eigenvalue weighted by molar-refractivity contribution is 5.90. The summed E-state index contributed by atoms with van der Waals surface area (Å²) < 4.78 is 3.64. The summed E-state index contributed by atoms with van der Waals surface area (Å²) in [5.41, 5.74) is 4.17. The molecular formula is C18H21N5O. The number of benzene rings is 1. The van der Waals surface area contributed by atoms with Gasteiger partial charge in [0.1, 0.15) is 0 Å². The molecule has 0 aliphatic heterocycles. The molecule has 1 aromatic carbocycles. The fourth-order valence-electron chi connectivity index (χ4n) is 2.58. The Kier molecular flexibility index (Phi) is 4.74. The molecule has 0 aliphatic carbocycles. The Bertz CT molecular complexity index is 833. The molecule has 0 bridgehead atoms. The summed E-state index contributed by atoms with van der Waals surface area (Å²) in [5.74, 6) is -0.0417. The van der Waals surface area contributed by atoms with Crippen LogP contribution in [-0.2, 0) is 17.9 Å². The molecule has 0 saturated carbocycles. The average Bonchev–Trinajstić information content (AvgIpc) is 3.14. The van der Waals surface area contributed by atoms with Gasteiger partial charge in [-0.1, -0.05) is 29.8 Å². The predicted octanol–water partition coefficient (Wildman–Crippen LogP) is 2.77. The lowest BCUT2D eigenvalue weighted by molar-refractivity contribution is -0.116. The number of nitrogens with one attached hydrogen (secondary N) is 1. The Morgan fingerprint density at radius 1 is 1.21 bits per heavy atom. The van der Waals surface area contributed by atoms with Gasteiger partial charge in [0.25, 0.3) is 0 Å². The van der Waals surface area contributed by atoms with Crippen LogP contribution in [0.5, 0.6) is 0 Å². The molecule has 0 spiro atoms. The third-order valence-corrected chi connectivity index (χ3v) is 3.82. The first-order valence-corrected chi connectivity index (χ1v) is 7.96. The number of nitrogens with zero attached hydrogens (tertiary/aromatic N) is 4. The zero-order valence-electron chi connectivity index (χ0n) is 13.9. The summed E-state index contributed by atoms with van der Waals surface area (Å²) in [7, 11) is 0. The van der Waals surface area contributed by atoms with Crippen molar-refractivity contribution in [2.45, 2.75) is 33.4 Å². The third kappa shape index (κ3) is 4.10. The highest BCUT2D eigenvalue weighted by Gasteiger charge is 2.06. The van der Waals surface area contributed by atoms with Crippen molar-refractivity contribution in [2.24, 2.45) is 0 Å². The van der Waals surface area contributed by atoms with E-state index in [0.717, 1.165) is 5.69 Å². The number of rotatable bonds is 6. The molecular weight excluding hydrogens is 302 g/mol. The van der Waals surface area contributed by atoms with Crippen molar-refractivity contribution in [1.82, 2.24) is 19.6 Å². The number of aryl methyl sites for hydroxylation is 3. The predicted molar refractivity (Wildman–Crippen MR) is 92.7 cm³/mol. The SMILES string of the molecule is Cc1cccc(Cn2cc(NC(=O)CCn3nccc3C)cn2)c1. The Labute approximate surface area is 141 Å². The second kappa shape index (κ2) is 7.12. The van der Waals surface area contributed by atoms with Crippen molar-refractivity contribution < 1.29 is 4.79 Å². The van der Waals surface area contributed by atoms with E-state index in [1.54, 1.807) is 12.4 Å². The monoisotopic (exact) mass is 323 g/mol. The van der Waals surface area contributed by atoms with Gasteiger partial charge >= 0.3 is 0 Å². The molecule has 0 unspecified atom stereocenters. The van der Waals surface area contributed by atoms with Crippen LogP contribution in [0.1, 0.15) is 23.2 Å². The fraction of sp³-hybridized carbons (Fsp3) is 0.278. The molecule has 2 heterocycles. The van der Waals surface area contributed by atoms with Gasteiger partial charge < -0.3 is 5.32 Å². The molecule has 6 nitrogen and oxygen atoms in total. The zero-order valence-corrected chi connectivity index (χ0v) is 13.9. The highest BCUT2D eigenvalue weighted by Crippen LogP contribution is 2.10. The molecule has 3 rings (SSSR count). The Morgan fingerprint density at radius 2 is 2.08 bits per heavy atom. The van der Waals surface area contributed by atoms with Gasteiger partial charge in [-0.25, -0.2) is 0 Å². The minimum atomic E-state index is -0.0417. The topological polar surface area (TPSA) is 64.7 Å². The van der Waals surface area contributed by atoms with Crippen LogP contribution in [-0.4, -0.2) is 25.5 Å². The van der Waals surface area contributed by atoms with E-state index >= 15 is 0 Å². The van der Waals surface area contributed by atoms with E-state index in [1.165, 1.54) is 11.1 Å². The van der Waals surface area contributed by atoms with Crippen LogP contribution in [0.25, 0.3) is 0 Å². The standard InChI is InChI=1S/C18H21N5O/c1-14-4-3-5-16(10-14)12-22-13-17(11-20-22)21-18(24)7-9-23-15(2)6-8-19-23/h3-6,8,10-11,13H,7,9,12H2,1-2H3,(H,21,24). The Morgan fingerprint density at radius 3 is 2.83 bits per heavy atom. The number of anilines is 1. The molecule has 6 heteroatoms. The van der Waals surface area contributed by atoms with Crippen LogP contribution in [0.2, 0.25) is 0 Å². The lowest BCUT2D eigenvalue weighted by Crippen LogP contribution is -2.15. The molecule has 0 radical (unpaired) electrons. The lowest BCUT2D eigenvalue weighted by atomic mass is 10.1. The van der Waals surface area contributed by atoms with Gasteiger partial charge in [0.05, 0.1) is 18.4 Å². The second-order valence-corrected chi connectivity index (χ2v) is 5.91. The average molecular weight is 323 g/mol. The molecule has 1 amide bonds. The van der Waals surface area contributed by atoms with E-state index in [0.29, 0.717) is 25.2 Å². The van der Waals surface area contributed by atoms with E-state index in [1.807, 2.05) is 34.6 Å². The highest BCUT2D eigenvalue weighted by atomic mass is 16.1. The molecule has 3 aromatic rings. The van der Waals surface area contributed by atoms with Gasteiger partial charge in [-0.3, -0.25) is 14.2 Å². The van der Waals surface area contributed by atoms with Gasteiger partial charge in [-0.05, 0) is 25.5 Å². The van der Waals surface area contributed by atoms with Crippen molar-refractivity contribution in [1.29, 1.82) is 0 Å². The molecule has 0 atom stereocenters. The van der Waals surface area contributed by atoms with Crippen LogP contribution in [0.4, 0.5) is 5.69 Å². The molecule has 1 N–H and O–H groups in total. The number of carbonyl (C=O) groups is 1. The maximum atomic E-state index is 12.0. The van der Waals surface area contributed by atoms with Crippen molar-refractivity contribution >= 4 is 11.6 Å². The summed E-state index contributed by atoms with van der Waals surface area (Å²) in [6.45, 7) is 5.30. The van der Waals surface area contributed by atoms with Crippen molar-refractivity contribution in [2.75, 3.05) is 5.32 Å². The summed E-state index contributed by atoms with van der Waals surface area (Å²) in [5, 5.41) is 11.4. The van der Waals surface area contributed by atoms with Crippen LogP contribution < -0.4 is 5.32 Å². The van der Waals surface area contributed by atoms with Gasteiger partial charge in [0.2, 0.25) is 5.91 Å². The molecule has 0 aliphatic rings. The van der Waals surface area contributed by atoms with E-state index < -0.39 is 0 Å². The maximum absolute atomic E-state index is 12.0. The molecule has 24 heavy (non-hydrogen) atoms.